The van der Waals surface area contributed by atoms with E-state index in [9.17, 15) is 5.11 Å². The summed E-state index contributed by atoms with van der Waals surface area (Å²) >= 11 is 11.9. The van der Waals surface area contributed by atoms with Crippen molar-refractivity contribution in [3.05, 3.63) is 70.0 Å². The number of aliphatic hydroxyl groups is 1. The summed E-state index contributed by atoms with van der Waals surface area (Å²) in [4.78, 5) is 0. The van der Waals surface area contributed by atoms with Gasteiger partial charge < -0.3 is 5.11 Å². The maximum Gasteiger partial charge on any atom is 0.0867 e. The Hall–Kier alpha value is -1.55. The van der Waals surface area contributed by atoms with Crippen LogP contribution in [-0.2, 0) is 6.42 Å². The minimum Gasteiger partial charge on any atom is -0.388 e. The second-order valence-corrected chi connectivity index (χ2v) is 5.41. The summed E-state index contributed by atoms with van der Waals surface area (Å²) in [5, 5.41) is 15.6. The summed E-state index contributed by atoms with van der Waals surface area (Å²) in [6.07, 6.45) is 3.38. The van der Waals surface area contributed by atoms with Crippen molar-refractivity contribution >= 4 is 28.7 Å². The molecule has 1 aromatic carbocycles. The molecule has 0 fully saturated rings. The average molecular weight is 307 g/mol. The second-order valence-electron chi connectivity index (χ2n) is 4.60. The van der Waals surface area contributed by atoms with Crippen molar-refractivity contribution in [1.82, 2.24) is 9.61 Å². The fourth-order valence-electron chi connectivity index (χ4n) is 2.21. The Morgan fingerprint density at radius 2 is 2.00 bits per heavy atom. The highest BCUT2D eigenvalue weighted by atomic mass is 35.5. The van der Waals surface area contributed by atoms with Gasteiger partial charge in [0.15, 0.2) is 0 Å². The Morgan fingerprint density at radius 1 is 1.15 bits per heavy atom. The number of rotatable bonds is 3. The highest BCUT2D eigenvalue weighted by Gasteiger charge is 2.14. The van der Waals surface area contributed by atoms with Crippen molar-refractivity contribution in [2.24, 2.45) is 0 Å². The van der Waals surface area contributed by atoms with Crippen LogP contribution in [0.15, 0.2) is 48.8 Å². The van der Waals surface area contributed by atoms with E-state index in [0.717, 1.165) is 16.6 Å². The van der Waals surface area contributed by atoms with Gasteiger partial charge in [-0.2, -0.15) is 5.10 Å². The van der Waals surface area contributed by atoms with Crippen LogP contribution in [-0.4, -0.2) is 14.7 Å². The van der Waals surface area contributed by atoms with Crippen molar-refractivity contribution in [2.45, 2.75) is 12.5 Å². The van der Waals surface area contributed by atoms with Crippen LogP contribution in [0.5, 0.6) is 0 Å². The summed E-state index contributed by atoms with van der Waals surface area (Å²) in [6.45, 7) is 0. The molecule has 0 bridgehead atoms. The maximum atomic E-state index is 10.4. The topological polar surface area (TPSA) is 37.5 Å². The molecule has 2 heterocycles. The molecule has 2 aromatic heterocycles. The lowest BCUT2D eigenvalue weighted by molar-refractivity contribution is 0.180. The lowest BCUT2D eigenvalue weighted by Crippen LogP contribution is -2.01. The van der Waals surface area contributed by atoms with Crippen LogP contribution in [0.3, 0.4) is 0 Å². The summed E-state index contributed by atoms with van der Waals surface area (Å²) < 4.78 is 1.74. The molecule has 0 saturated heterocycles. The molecule has 0 aliphatic heterocycles. The fourth-order valence-corrected chi connectivity index (χ4v) is 2.53. The highest BCUT2D eigenvalue weighted by Crippen LogP contribution is 2.27. The molecule has 20 heavy (non-hydrogen) atoms. The Kier molecular flexibility index (Phi) is 3.66. The quantitative estimate of drug-likeness (QED) is 0.796. The largest absolute Gasteiger partial charge is 0.388 e. The van der Waals surface area contributed by atoms with Gasteiger partial charge in [-0.15, -0.1) is 0 Å². The standard InChI is InChI=1S/C15H12Cl2N2O/c16-12-5-4-10(7-13(12)17)8-15(20)11-9-18-19-6-2-1-3-14(11)19/h1-7,9,15,20H,8H2. The molecule has 0 radical (unpaired) electrons. The first kappa shape index (κ1) is 13.4. The molecule has 0 spiro atoms. The first-order valence-corrected chi connectivity index (χ1v) is 6.95. The number of aliphatic hydroxyl groups excluding tert-OH is 1. The van der Waals surface area contributed by atoms with Crippen molar-refractivity contribution in [3.63, 3.8) is 0 Å². The lowest BCUT2D eigenvalue weighted by atomic mass is 10.0. The first-order chi connectivity index (χ1) is 9.65. The van der Waals surface area contributed by atoms with Gasteiger partial charge in [0.05, 0.1) is 27.9 Å². The Bertz CT molecular complexity index is 754. The third-order valence-electron chi connectivity index (χ3n) is 3.23. The van der Waals surface area contributed by atoms with E-state index in [1.807, 2.05) is 30.5 Å². The summed E-state index contributed by atoms with van der Waals surface area (Å²) in [7, 11) is 0. The van der Waals surface area contributed by atoms with E-state index in [4.69, 9.17) is 23.2 Å². The molecule has 1 N–H and O–H groups in total. The van der Waals surface area contributed by atoms with E-state index < -0.39 is 6.10 Å². The van der Waals surface area contributed by atoms with E-state index in [2.05, 4.69) is 5.10 Å². The van der Waals surface area contributed by atoms with Crippen LogP contribution in [0.1, 0.15) is 17.2 Å². The predicted molar refractivity (Wildman–Crippen MR) is 80.3 cm³/mol. The van der Waals surface area contributed by atoms with Gasteiger partial charge in [-0.25, -0.2) is 4.52 Å². The van der Waals surface area contributed by atoms with E-state index in [1.165, 1.54) is 0 Å². The first-order valence-electron chi connectivity index (χ1n) is 6.19. The molecule has 0 aliphatic rings. The smallest absolute Gasteiger partial charge is 0.0867 e. The van der Waals surface area contributed by atoms with Gasteiger partial charge in [0.2, 0.25) is 0 Å². The molecule has 1 atom stereocenters. The second kappa shape index (κ2) is 5.44. The normalized spacial score (nSPS) is 12.8. The molecule has 0 aliphatic carbocycles. The van der Waals surface area contributed by atoms with Crippen molar-refractivity contribution in [1.29, 1.82) is 0 Å². The molecule has 3 aromatic rings. The molecule has 0 amide bonds. The van der Waals surface area contributed by atoms with E-state index in [0.29, 0.717) is 16.5 Å². The van der Waals surface area contributed by atoms with Gasteiger partial charge in [0, 0.05) is 18.2 Å². The summed E-state index contributed by atoms with van der Waals surface area (Å²) in [5.74, 6) is 0. The van der Waals surface area contributed by atoms with Crippen LogP contribution in [0.2, 0.25) is 10.0 Å². The van der Waals surface area contributed by atoms with E-state index >= 15 is 0 Å². The van der Waals surface area contributed by atoms with Gasteiger partial charge in [0.1, 0.15) is 0 Å². The number of pyridine rings is 1. The molecule has 1 unspecified atom stereocenters. The van der Waals surface area contributed by atoms with Crippen LogP contribution in [0.25, 0.3) is 5.52 Å². The van der Waals surface area contributed by atoms with Gasteiger partial charge in [-0.3, -0.25) is 0 Å². The summed E-state index contributed by atoms with van der Waals surface area (Å²) in [6, 6.07) is 11.1. The zero-order chi connectivity index (χ0) is 14.1. The number of hydrogen-bond acceptors (Lipinski definition) is 2. The maximum absolute atomic E-state index is 10.4. The SMILES string of the molecule is OC(Cc1ccc(Cl)c(Cl)c1)c1cnn2ccccc12. The zero-order valence-electron chi connectivity index (χ0n) is 10.5. The Balaban J connectivity index is 1.89. The number of aromatic nitrogens is 2. The number of halogens is 2. The van der Waals surface area contributed by atoms with Crippen molar-refractivity contribution in [2.75, 3.05) is 0 Å². The van der Waals surface area contributed by atoms with Gasteiger partial charge in [-0.1, -0.05) is 35.3 Å². The zero-order valence-corrected chi connectivity index (χ0v) is 12.0. The van der Waals surface area contributed by atoms with E-state index in [1.54, 1.807) is 22.8 Å². The van der Waals surface area contributed by atoms with Crippen LogP contribution >= 0.6 is 23.2 Å². The molecule has 0 saturated carbocycles. The third-order valence-corrected chi connectivity index (χ3v) is 3.97. The number of fused-ring (bicyclic) bond motifs is 1. The van der Waals surface area contributed by atoms with Gasteiger partial charge in [0.25, 0.3) is 0 Å². The molecule has 3 rings (SSSR count). The predicted octanol–water partition coefficient (Wildman–Crippen LogP) is 3.92. The molecular formula is C15H12Cl2N2O. The lowest BCUT2D eigenvalue weighted by Gasteiger charge is -2.10. The molecular weight excluding hydrogens is 295 g/mol. The van der Waals surface area contributed by atoms with Gasteiger partial charge in [-0.05, 0) is 29.8 Å². The van der Waals surface area contributed by atoms with E-state index in [-0.39, 0.29) is 0 Å². The highest BCUT2D eigenvalue weighted by molar-refractivity contribution is 6.42. The minimum absolute atomic E-state index is 0.465. The minimum atomic E-state index is -0.632. The number of hydrogen-bond donors (Lipinski definition) is 1. The van der Waals surface area contributed by atoms with Gasteiger partial charge >= 0.3 is 0 Å². The van der Waals surface area contributed by atoms with Crippen LogP contribution in [0.4, 0.5) is 0 Å². The summed E-state index contributed by atoms with van der Waals surface area (Å²) in [5.41, 5.74) is 2.64. The van der Waals surface area contributed by atoms with Crippen molar-refractivity contribution in [3.8, 4) is 0 Å². The van der Waals surface area contributed by atoms with Crippen LogP contribution < -0.4 is 0 Å². The Morgan fingerprint density at radius 3 is 2.80 bits per heavy atom. The molecule has 5 heteroatoms. The van der Waals surface area contributed by atoms with Crippen molar-refractivity contribution < 1.29 is 5.11 Å². The van der Waals surface area contributed by atoms with Crippen LogP contribution in [0, 0.1) is 0 Å². The monoisotopic (exact) mass is 306 g/mol. The molecule has 3 nitrogen and oxygen atoms in total. The average Bonchev–Trinajstić information content (AvgIpc) is 2.87. The molecule has 102 valence electrons. The number of benzene rings is 1. The third kappa shape index (κ3) is 2.52. The fraction of sp³-hybridized carbons (Fsp3) is 0.133. The number of nitrogens with zero attached hydrogens (tertiary/aromatic N) is 2. The Labute approximate surface area is 126 Å².